The quantitative estimate of drug-likeness (QED) is 0.548. The summed E-state index contributed by atoms with van der Waals surface area (Å²) in [4.78, 5) is 5.11. The highest BCUT2D eigenvalue weighted by Crippen LogP contribution is 2.36. The van der Waals surface area contributed by atoms with Crippen molar-refractivity contribution in [2.75, 3.05) is 0 Å². The lowest BCUT2D eigenvalue weighted by atomic mass is 9.83. The number of aryl methyl sites for hydroxylation is 2. The van der Waals surface area contributed by atoms with Crippen LogP contribution in [0.4, 0.5) is 0 Å². The summed E-state index contributed by atoms with van der Waals surface area (Å²) in [5.74, 6) is 0.473. The van der Waals surface area contributed by atoms with E-state index < -0.39 is 0 Å². The van der Waals surface area contributed by atoms with Gasteiger partial charge in [0.05, 0.1) is 11.4 Å². The maximum absolute atomic E-state index is 5.11. The van der Waals surface area contributed by atoms with Crippen molar-refractivity contribution >= 4 is 5.57 Å². The van der Waals surface area contributed by atoms with Crippen LogP contribution in [-0.4, -0.2) is 4.98 Å². The topological polar surface area (TPSA) is 12.9 Å². The van der Waals surface area contributed by atoms with Crippen LogP contribution in [0.2, 0.25) is 0 Å². The summed E-state index contributed by atoms with van der Waals surface area (Å²) in [5.41, 5.74) is 11.6. The zero-order valence-electron chi connectivity index (χ0n) is 17.4. The molecule has 1 unspecified atom stereocenters. The van der Waals surface area contributed by atoms with Gasteiger partial charge in [0.1, 0.15) is 0 Å². The molecule has 0 saturated carbocycles. The molecule has 0 spiro atoms. The third-order valence-electron chi connectivity index (χ3n) is 6.15. The minimum absolute atomic E-state index is 0.473. The smallest absolute Gasteiger partial charge is 0.0737 e. The molecule has 0 N–H and O–H groups in total. The van der Waals surface area contributed by atoms with Gasteiger partial charge in [0, 0.05) is 11.5 Å². The van der Waals surface area contributed by atoms with E-state index in [1.165, 1.54) is 39.0 Å². The zero-order chi connectivity index (χ0) is 19.7. The van der Waals surface area contributed by atoms with Crippen molar-refractivity contribution in [1.29, 1.82) is 0 Å². The summed E-state index contributed by atoms with van der Waals surface area (Å²) in [7, 11) is 0. The molecule has 2 aromatic rings. The van der Waals surface area contributed by atoms with E-state index >= 15 is 0 Å². The number of hydrogen-bond acceptors (Lipinski definition) is 1. The Morgan fingerprint density at radius 3 is 2.54 bits per heavy atom. The average Bonchev–Trinajstić information content (AvgIpc) is 2.70. The van der Waals surface area contributed by atoms with E-state index in [-0.39, 0.29) is 0 Å². The summed E-state index contributed by atoms with van der Waals surface area (Å²) in [6, 6.07) is 11.2. The molecule has 1 heteroatoms. The van der Waals surface area contributed by atoms with Crippen LogP contribution in [0, 0.1) is 13.8 Å². The first-order valence-electron chi connectivity index (χ1n) is 10.3. The molecule has 0 amide bonds. The Bertz CT molecular complexity index is 1030. The Morgan fingerprint density at radius 1 is 0.929 bits per heavy atom. The van der Waals surface area contributed by atoms with Gasteiger partial charge < -0.3 is 0 Å². The Hall–Kier alpha value is -2.67. The van der Waals surface area contributed by atoms with Gasteiger partial charge in [-0.3, -0.25) is 0 Å². The Balaban J connectivity index is 1.77. The third kappa shape index (κ3) is 3.54. The van der Waals surface area contributed by atoms with E-state index in [2.05, 4.69) is 88.4 Å². The molecular weight excluding hydrogens is 338 g/mol. The minimum atomic E-state index is 0.473. The third-order valence-corrected chi connectivity index (χ3v) is 6.15. The van der Waals surface area contributed by atoms with Crippen LogP contribution in [0.25, 0.3) is 16.8 Å². The lowest BCUT2D eigenvalue weighted by molar-refractivity contribution is 0.791. The monoisotopic (exact) mass is 367 g/mol. The van der Waals surface area contributed by atoms with E-state index in [0.717, 1.165) is 30.7 Å². The van der Waals surface area contributed by atoms with Crippen molar-refractivity contribution in [1.82, 2.24) is 4.98 Å². The molecule has 0 aliphatic heterocycles. The SMILES string of the molecule is CC1=CC=CCC1c1cc(-c2ccc(C)c(C3=C(C)CCC=C3)n2)ccc1C. The molecule has 1 atom stereocenters. The van der Waals surface area contributed by atoms with E-state index in [1.807, 2.05) is 0 Å². The van der Waals surface area contributed by atoms with Crippen LogP contribution in [0.3, 0.4) is 0 Å². The first-order valence-corrected chi connectivity index (χ1v) is 10.3. The molecule has 1 heterocycles. The van der Waals surface area contributed by atoms with Crippen LogP contribution < -0.4 is 0 Å². The predicted molar refractivity (Wildman–Crippen MR) is 120 cm³/mol. The fraction of sp³-hybridized carbons (Fsp3) is 0.296. The van der Waals surface area contributed by atoms with E-state index in [4.69, 9.17) is 4.98 Å². The molecule has 0 fully saturated rings. The maximum Gasteiger partial charge on any atom is 0.0737 e. The Kier molecular flexibility index (Phi) is 5.17. The molecule has 142 valence electrons. The van der Waals surface area contributed by atoms with Crippen LogP contribution in [0.1, 0.15) is 61.4 Å². The standard InChI is InChI=1S/C27H29N/c1-18-9-5-7-11-23(18)25-17-22(15-13-20(25)3)26-16-14-21(4)27(28-26)24-12-8-6-10-19(24)2/h5,7-9,12-17,23H,6,10-11H2,1-4H3. The molecule has 4 rings (SSSR count). The lowest BCUT2D eigenvalue weighted by Gasteiger charge is -2.22. The second-order valence-corrected chi connectivity index (χ2v) is 8.20. The second kappa shape index (κ2) is 7.75. The second-order valence-electron chi connectivity index (χ2n) is 8.20. The predicted octanol–water partition coefficient (Wildman–Crippen LogP) is 7.48. The minimum Gasteiger partial charge on any atom is -0.248 e. The largest absolute Gasteiger partial charge is 0.248 e. The molecule has 0 radical (unpaired) electrons. The average molecular weight is 368 g/mol. The Labute approximate surface area is 169 Å². The molecule has 1 aromatic carbocycles. The lowest BCUT2D eigenvalue weighted by Crippen LogP contribution is -2.05. The van der Waals surface area contributed by atoms with Gasteiger partial charge in [0.25, 0.3) is 0 Å². The van der Waals surface area contributed by atoms with Gasteiger partial charge in [0.15, 0.2) is 0 Å². The molecule has 0 saturated heterocycles. The van der Waals surface area contributed by atoms with Gasteiger partial charge in [-0.1, -0.05) is 59.7 Å². The fourth-order valence-corrected chi connectivity index (χ4v) is 4.31. The summed E-state index contributed by atoms with van der Waals surface area (Å²) < 4.78 is 0. The van der Waals surface area contributed by atoms with Gasteiger partial charge in [-0.2, -0.15) is 0 Å². The van der Waals surface area contributed by atoms with E-state index in [1.54, 1.807) is 0 Å². The van der Waals surface area contributed by atoms with Gasteiger partial charge in [0.2, 0.25) is 0 Å². The molecule has 28 heavy (non-hydrogen) atoms. The normalized spacial score (nSPS) is 19.1. The highest BCUT2D eigenvalue weighted by atomic mass is 14.7. The molecule has 2 aliphatic carbocycles. The van der Waals surface area contributed by atoms with Crippen molar-refractivity contribution in [3.8, 4) is 11.3 Å². The zero-order valence-corrected chi connectivity index (χ0v) is 17.4. The number of aromatic nitrogens is 1. The number of rotatable bonds is 3. The van der Waals surface area contributed by atoms with E-state index in [9.17, 15) is 0 Å². The van der Waals surface area contributed by atoms with Crippen molar-refractivity contribution in [3.05, 3.63) is 94.2 Å². The number of pyridine rings is 1. The molecular formula is C27H29N. The van der Waals surface area contributed by atoms with Gasteiger partial charge in [-0.15, -0.1) is 0 Å². The summed E-state index contributed by atoms with van der Waals surface area (Å²) in [6.07, 6.45) is 14.6. The Morgan fingerprint density at radius 2 is 1.75 bits per heavy atom. The first-order chi connectivity index (χ1) is 13.5. The maximum atomic E-state index is 5.11. The van der Waals surface area contributed by atoms with Crippen molar-refractivity contribution in [2.45, 2.75) is 52.9 Å². The van der Waals surface area contributed by atoms with E-state index in [0.29, 0.717) is 5.92 Å². The summed E-state index contributed by atoms with van der Waals surface area (Å²) in [5, 5.41) is 0. The van der Waals surface area contributed by atoms with Crippen LogP contribution in [-0.2, 0) is 0 Å². The molecule has 1 nitrogen and oxygen atoms in total. The van der Waals surface area contributed by atoms with Crippen molar-refractivity contribution < 1.29 is 0 Å². The number of hydrogen-bond donors (Lipinski definition) is 0. The number of benzene rings is 1. The van der Waals surface area contributed by atoms with Crippen molar-refractivity contribution in [3.63, 3.8) is 0 Å². The number of nitrogens with zero attached hydrogens (tertiary/aromatic N) is 1. The van der Waals surface area contributed by atoms with Crippen LogP contribution in [0.5, 0.6) is 0 Å². The first kappa shape index (κ1) is 18.7. The van der Waals surface area contributed by atoms with Crippen molar-refractivity contribution in [2.24, 2.45) is 0 Å². The number of allylic oxidation sites excluding steroid dienone is 8. The van der Waals surface area contributed by atoms with Crippen LogP contribution in [0.15, 0.2) is 71.9 Å². The highest BCUT2D eigenvalue weighted by Gasteiger charge is 2.18. The molecule has 2 aliphatic rings. The molecule has 1 aromatic heterocycles. The summed E-state index contributed by atoms with van der Waals surface area (Å²) >= 11 is 0. The van der Waals surface area contributed by atoms with Gasteiger partial charge in [-0.25, -0.2) is 4.98 Å². The summed E-state index contributed by atoms with van der Waals surface area (Å²) in [6.45, 7) is 8.87. The highest BCUT2D eigenvalue weighted by molar-refractivity contribution is 5.78. The van der Waals surface area contributed by atoms with Gasteiger partial charge >= 0.3 is 0 Å². The van der Waals surface area contributed by atoms with Crippen LogP contribution >= 0.6 is 0 Å². The molecule has 0 bridgehead atoms. The van der Waals surface area contributed by atoms with Gasteiger partial charge in [-0.05, 0) is 81.4 Å². The fourth-order valence-electron chi connectivity index (χ4n) is 4.31.